The van der Waals surface area contributed by atoms with Crippen molar-refractivity contribution in [2.24, 2.45) is 17.3 Å². The summed E-state index contributed by atoms with van der Waals surface area (Å²) in [4.78, 5) is 2.55. The van der Waals surface area contributed by atoms with Gasteiger partial charge in [0.1, 0.15) is 12.4 Å². The molecule has 2 heteroatoms. The van der Waals surface area contributed by atoms with Gasteiger partial charge in [-0.1, -0.05) is 46.6 Å². The molecule has 0 saturated carbocycles. The van der Waals surface area contributed by atoms with Crippen LogP contribution in [-0.4, -0.2) is 31.1 Å². The largest absolute Gasteiger partial charge is 0.493 e. The molecule has 0 aromatic heterocycles. The molecule has 1 aliphatic heterocycles. The van der Waals surface area contributed by atoms with E-state index in [9.17, 15) is 0 Å². The molecule has 0 spiro atoms. The summed E-state index contributed by atoms with van der Waals surface area (Å²) in [5, 5.41) is 0. The number of hydrogen-bond donors (Lipinski definition) is 0. The Bertz CT molecular complexity index is 395. The van der Waals surface area contributed by atoms with Gasteiger partial charge in [0, 0.05) is 13.1 Å². The fourth-order valence-electron chi connectivity index (χ4n) is 3.78. The van der Waals surface area contributed by atoms with Gasteiger partial charge in [-0.2, -0.15) is 0 Å². The van der Waals surface area contributed by atoms with Gasteiger partial charge in [-0.05, 0) is 55.2 Å². The molecule has 0 aromatic carbocycles. The third kappa shape index (κ3) is 4.62. The third-order valence-corrected chi connectivity index (χ3v) is 5.99. The average Bonchev–Trinajstić information content (AvgIpc) is 2.55. The van der Waals surface area contributed by atoms with E-state index in [4.69, 9.17) is 4.74 Å². The molecule has 1 saturated heterocycles. The Labute approximate surface area is 137 Å². The summed E-state index contributed by atoms with van der Waals surface area (Å²) in [6.45, 7) is 13.8. The van der Waals surface area contributed by atoms with Crippen LogP contribution in [0.2, 0.25) is 0 Å². The topological polar surface area (TPSA) is 12.5 Å². The van der Waals surface area contributed by atoms with Crippen molar-refractivity contribution in [1.29, 1.82) is 0 Å². The minimum absolute atomic E-state index is 0.433. The number of allylic oxidation sites excluding steroid dienone is 3. The molecule has 2 nitrogen and oxygen atoms in total. The first-order valence-electron chi connectivity index (χ1n) is 9.31. The Morgan fingerprint density at radius 1 is 1.32 bits per heavy atom. The summed E-state index contributed by atoms with van der Waals surface area (Å²) in [5.41, 5.74) is 0.433. The Kier molecular flexibility index (Phi) is 6.55. The van der Waals surface area contributed by atoms with Crippen LogP contribution in [0.1, 0.15) is 59.8 Å². The molecule has 0 N–H and O–H groups in total. The summed E-state index contributed by atoms with van der Waals surface area (Å²) >= 11 is 0. The SMILES string of the molecule is CCC(C)(CC)C1C=CC(OCCN2CCCC(C)C2)=CC1. The van der Waals surface area contributed by atoms with Crippen molar-refractivity contribution in [2.45, 2.75) is 59.8 Å². The van der Waals surface area contributed by atoms with Crippen LogP contribution in [0.5, 0.6) is 0 Å². The molecular formula is C20H35NO. The molecule has 0 radical (unpaired) electrons. The van der Waals surface area contributed by atoms with E-state index < -0.39 is 0 Å². The van der Waals surface area contributed by atoms with Crippen molar-refractivity contribution in [1.82, 2.24) is 4.90 Å². The van der Waals surface area contributed by atoms with Gasteiger partial charge >= 0.3 is 0 Å². The smallest absolute Gasteiger partial charge is 0.115 e. The van der Waals surface area contributed by atoms with Gasteiger partial charge in [0.05, 0.1) is 0 Å². The Morgan fingerprint density at radius 3 is 2.68 bits per heavy atom. The third-order valence-electron chi connectivity index (χ3n) is 5.99. The molecule has 0 bridgehead atoms. The van der Waals surface area contributed by atoms with E-state index in [0.717, 1.165) is 31.2 Å². The first kappa shape index (κ1) is 17.6. The van der Waals surface area contributed by atoms with Crippen LogP contribution in [0.3, 0.4) is 0 Å². The standard InChI is InChI=1S/C20H35NO/c1-5-20(4,6-2)18-9-11-19(12-10-18)22-15-14-21-13-7-8-17(3)16-21/h9,11-12,17-18H,5-8,10,13-16H2,1-4H3. The molecule has 126 valence electrons. The lowest BCUT2D eigenvalue weighted by atomic mass is 9.70. The summed E-state index contributed by atoms with van der Waals surface area (Å²) in [7, 11) is 0. The average molecular weight is 306 g/mol. The second-order valence-corrected chi connectivity index (χ2v) is 7.57. The maximum Gasteiger partial charge on any atom is 0.115 e. The molecule has 1 heterocycles. The van der Waals surface area contributed by atoms with Crippen molar-refractivity contribution in [3.63, 3.8) is 0 Å². The number of hydrogen-bond acceptors (Lipinski definition) is 2. The lowest BCUT2D eigenvalue weighted by Gasteiger charge is -2.35. The zero-order valence-corrected chi connectivity index (χ0v) is 15.1. The van der Waals surface area contributed by atoms with Gasteiger partial charge in [-0.15, -0.1) is 0 Å². The van der Waals surface area contributed by atoms with Crippen LogP contribution in [0.4, 0.5) is 0 Å². The van der Waals surface area contributed by atoms with Crippen LogP contribution in [0, 0.1) is 17.3 Å². The highest BCUT2D eigenvalue weighted by Crippen LogP contribution is 2.39. The molecule has 2 rings (SSSR count). The maximum absolute atomic E-state index is 5.98. The molecule has 2 aliphatic rings. The van der Waals surface area contributed by atoms with Gasteiger partial charge in [-0.25, -0.2) is 0 Å². The molecule has 2 atom stereocenters. The minimum Gasteiger partial charge on any atom is -0.493 e. The fourth-order valence-corrected chi connectivity index (χ4v) is 3.78. The number of nitrogens with zero attached hydrogens (tertiary/aromatic N) is 1. The quantitative estimate of drug-likeness (QED) is 0.654. The summed E-state index contributed by atoms with van der Waals surface area (Å²) in [6.07, 6.45) is 13.2. The zero-order chi connectivity index (χ0) is 16.0. The lowest BCUT2D eigenvalue weighted by molar-refractivity contribution is 0.126. The van der Waals surface area contributed by atoms with E-state index in [1.54, 1.807) is 0 Å². The molecule has 1 fully saturated rings. The first-order chi connectivity index (χ1) is 10.6. The predicted octanol–water partition coefficient (Wildman–Crippen LogP) is 5.02. The first-order valence-corrected chi connectivity index (χ1v) is 9.31. The minimum atomic E-state index is 0.433. The second-order valence-electron chi connectivity index (χ2n) is 7.57. The Morgan fingerprint density at radius 2 is 2.09 bits per heavy atom. The van der Waals surface area contributed by atoms with Crippen molar-refractivity contribution < 1.29 is 4.74 Å². The van der Waals surface area contributed by atoms with E-state index in [-0.39, 0.29) is 0 Å². The molecular weight excluding hydrogens is 270 g/mol. The summed E-state index contributed by atoms with van der Waals surface area (Å²) in [5.74, 6) is 2.60. The number of rotatable bonds is 7. The zero-order valence-electron chi connectivity index (χ0n) is 15.1. The van der Waals surface area contributed by atoms with E-state index >= 15 is 0 Å². The van der Waals surface area contributed by atoms with E-state index in [1.807, 2.05) is 0 Å². The van der Waals surface area contributed by atoms with Crippen LogP contribution in [0.25, 0.3) is 0 Å². The Hall–Kier alpha value is -0.760. The molecule has 1 aliphatic carbocycles. The molecule has 0 amide bonds. The highest BCUT2D eigenvalue weighted by atomic mass is 16.5. The number of ether oxygens (including phenoxy) is 1. The van der Waals surface area contributed by atoms with Crippen molar-refractivity contribution in [3.05, 3.63) is 24.0 Å². The molecule has 22 heavy (non-hydrogen) atoms. The Balaban J connectivity index is 1.72. The predicted molar refractivity (Wildman–Crippen MR) is 94.8 cm³/mol. The van der Waals surface area contributed by atoms with E-state index in [1.165, 1.54) is 38.8 Å². The van der Waals surface area contributed by atoms with Crippen molar-refractivity contribution in [2.75, 3.05) is 26.2 Å². The monoisotopic (exact) mass is 305 g/mol. The van der Waals surface area contributed by atoms with Crippen LogP contribution in [-0.2, 0) is 4.74 Å². The summed E-state index contributed by atoms with van der Waals surface area (Å²) < 4.78 is 5.98. The lowest BCUT2D eigenvalue weighted by Crippen LogP contribution is -2.36. The summed E-state index contributed by atoms with van der Waals surface area (Å²) in [6, 6.07) is 0. The highest BCUT2D eigenvalue weighted by Gasteiger charge is 2.29. The second kappa shape index (κ2) is 8.19. The van der Waals surface area contributed by atoms with Crippen molar-refractivity contribution >= 4 is 0 Å². The van der Waals surface area contributed by atoms with Gasteiger partial charge < -0.3 is 4.74 Å². The van der Waals surface area contributed by atoms with Crippen LogP contribution in [0.15, 0.2) is 24.0 Å². The van der Waals surface area contributed by atoms with Gasteiger partial charge in [0.2, 0.25) is 0 Å². The van der Waals surface area contributed by atoms with Gasteiger partial charge in [0.15, 0.2) is 0 Å². The normalized spacial score (nSPS) is 26.8. The molecule has 0 aromatic rings. The molecule has 2 unspecified atom stereocenters. The maximum atomic E-state index is 5.98. The van der Waals surface area contributed by atoms with Gasteiger partial charge in [-0.3, -0.25) is 4.90 Å². The highest BCUT2D eigenvalue weighted by molar-refractivity contribution is 5.20. The number of piperidine rings is 1. The van der Waals surface area contributed by atoms with Crippen LogP contribution >= 0.6 is 0 Å². The van der Waals surface area contributed by atoms with Crippen LogP contribution < -0.4 is 0 Å². The fraction of sp³-hybridized carbons (Fsp3) is 0.800. The van der Waals surface area contributed by atoms with E-state index in [0.29, 0.717) is 11.3 Å². The van der Waals surface area contributed by atoms with Gasteiger partial charge in [0.25, 0.3) is 0 Å². The van der Waals surface area contributed by atoms with Crippen molar-refractivity contribution in [3.8, 4) is 0 Å². The van der Waals surface area contributed by atoms with E-state index in [2.05, 4.69) is 50.8 Å². The number of likely N-dealkylation sites (tertiary alicyclic amines) is 1.